The Morgan fingerprint density at radius 2 is 1.10 bits per heavy atom. The molecule has 0 saturated heterocycles. The van der Waals surface area contributed by atoms with Gasteiger partial charge in [0.25, 0.3) is 0 Å². The molecular formula is C18H16N2O7S2. The van der Waals surface area contributed by atoms with Gasteiger partial charge in [-0.2, -0.15) is 16.8 Å². The van der Waals surface area contributed by atoms with Gasteiger partial charge in [-0.15, -0.1) is 0 Å². The Hall–Kier alpha value is -3.05. The lowest BCUT2D eigenvalue weighted by Crippen LogP contribution is -2.26. The van der Waals surface area contributed by atoms with Crippen LogP contribution in [0.4, 0.5) is 0 Å². The topological polar surface area (TPSA) is 129 Å². The Bertz CT molecular complexity index is 1160. The summed E-state index contributed by atoms with van der Waals surface area (Å²) in [4.78, 5) is 11.5. The number of hydrogen-bond donors (Lipinski definition) is 0. The second-order valence-corrected chi connectivity index (χ2v) is 9.03. The summed E-state index contributed by atoms with van der Waals surface area (Å²) in [5.41, 5.74) is -0.0867. The van der Waals surface area contributed by atoms with E-state index >= 15 is 0 Å². The van der Waals surface area contributed by atoms with Crippen LogP contribution in [0.2, 0.25) is 0 Å². The van der Waals surface area contributed by atoms with Gasteiger partial charge in [-0.3, -0.25) is 13.4 Å². The molecule has 29 heavy (non-hydrogen) atoms. The fourth-order valence-electron chi connectivity index (χ4n) is 2.41. The monoisotopic (exact) mass is 436 g/mol. The van der Waals surface area contributed by atoms with Crippen LogP contribution in [0.1, 0.15) is 19.3 Å². The first-order chi connectivity index (χ1) is 13.8. The molecule has 0 N–H and O–H groups in total. The first kappa shape index (κ1) is 20.7. The van der Waals surface area contributed by atoms with Crippen LogP contribution < -0.4 is 0 Å². The highest BCUT2D eigenvalue weighted by molar-refractivity contribution is 7.87. The standard InChI is InChI=1S/C18H16N2O7S2/c21-14-11-12-17(19-26-28(22,23)15-7-3-1-4-8-15)18(13-14)20-27-29(24,25)16-9-5-2-6-10-16/h1-10H,11-13H2. The number of oxime groups is 2. The third kappa shape index (κ3) is 5.27. The van der Waals surface area contributed by atoms with E-state index in [0.717, 1.165) is 0 Å². The summed E-state index contributed by atoms with van der Waals surface area (Å²) in [5.74, 6) is -0.214. The number of carbonyl (C=O) groups is 1. The summed E-state index contributed by atoms with van der Waals surface area (Å²) >= 11 is 0. The normalized spacial score (nSPS) is 18.0. The van der Waals surface area contributed by atoms with Crippen molar-refractivity contribution >= 4 is 37.4 Å². The number of nitrogens with zero attached hydrogens (tertiary/aromatic N) is 2. The molecule has 9 nitrogen and oxygen atoms in total. The number of Topliss-reactive ketones (excluding diaryl/α,β-unsaturated/α-hetero) is 1. The molecule has 3 rings (SSSR count). The smallest absolute Gasteiger partial charge is 0.299 e. The van der Waals surface area contributed by atoms with Crippen molar-refractivity contribution < 1.29 is 30.2 Å². The summed E-state index contributed by atoms with van der Waals surface area (Å²) in [6, 6.07) is 14.7. The largest absolute Gasteiger partial charge is 0.358 e. The van der Waals surface area contributed by atoms with E-state index in [0.29, 0.717) is 0 Å². The summed E-state index contributed by atoms with van der Waals surface area (Å²) in [6.07, 6.45) is -0.118. The molecule has 2 aromatic carbocycles. The van der Waals surface area contributed by atoms with E-state index in [9.17, 15) is 21.6 Å². The number of benzene rings is 2. The molecule has 1 saturated carbocycles. The second kappa shape index (κ2) is 8.53. The van der Waals surface area contributed by atoms with Crippen molar-refractivity contribution in [3.05, 3.63) is 60.7 Å². The first-order valence-corrected chi connectivity index (χ1v) is 11.2. The molecule has 152 valence electrons. The highest BCUT2D eigenvalue weighted by Crippen LogP contribution is 2.17. The SMILES string of the molecule is O=C1CCC(=NOS(=O)(=O)c2ccccc2)C(=NOS(=O)(=O)c2ccccc2)C1. The minimum absolute atomic E-state index is 0.0207. The predicted octanol–water partition coefficient (Wildman–Crippen LogP) is 2.26. The molecule has 0 atom stereocenters. The molecule has 0 spiro atoms. The average molecular weight is 436 g/mol. The Kier molecular flexibility index (Phi) is 6.09. The van der Waals surface area contributed by atoms with Crippen molar-refractivity contribution in [2.45, 2.75) is 29.1 Å². The molecular weight excluding hydrogens is 420 g/mol. The maximum absolute atomic E-state index is 12.2. The molecule has 11 heteroatoms. The van der Waals surface area contributed by atoms with Gasteiger partial charge in [-0.1, -0.05) is 46.7 Å². The van der Waals surface area contributed by atoms with Gasteiger partial charge in [0.05, 0.1) is 6.42 Å². The zero-order valence-corrected chi connectivity index (χ0v) is 16.6. The van der Waals surface area contributed by atoms with Gasteiger partial charge < -0.3 is 0 Å². The zero-order chi connectivity index (χ0) is 20.9. The van der Waals surface area contributed by atoms with Crippen LogP contribution in [0.3, 0.4) is 0 Å². The Morgan fingerprint density at radius 1 is 0.655 bits per heavy atom. The lowest BCUT2D eigenvalue weighted by atomic mass is 9.95. The third-order valence-corrected chi connectivity index (χ3v) is 6.13. The molecule has 0 radical (unpaired) electrons. The fraction of sp³-hybridized carbons (Fsp3) is 0.167. The van der Waals surface area contributed by atoms with E-state index in [1.807, 2.05) is 0 Å². The average Bonchev–Trinajstić information content (AvgIpc) is 2.73. The van der Waals surface area contributed by atoms with Crippen molar-refractivity contribution in [2.75, 3.05) is 0 Å². The minimum Gasteiger partial charge on any atom is -0.299 e. The molecule has 1 aliphatic carbocycles. The van der Waals surface area contributed by atoms with E-state index in [4.69, 9.17) is 4.28 Å². The highest BCUT2D eigenvalue weighted by atomic mass is 32.2. The minimum atomic E-state index is -4.20. The van der Waals surface area contributed by atoms with Crippen LogP contribution in [0.25, 0.3) is 0 Å². The van der Waals surface area contributed by atoms with E-state index in [-0.39, 0.29) is 46.3 Å². The van der Waals surface area contributed by atoms with E-state index in [1.165, 1.54) is 48.5 Å². The third-order valence-electron chi connectivity index (χ3n) is 3.89. The quantitative estimate of drug-likeness (QED) is 0.635. The number of carbonyl (C=O) groups excluding carboxylic acids is 1. The van der Waals surface area contributed by atoms with Crippen LogP contribution in [0.15, 0.2) is 80.8 Å². The number of hydrogen-bond acceptors (Lipinski definition) is 9. The molecule has 0 amide bonds. The van der Waals surface area contributed by atoms with Crippen molar-refractivity contribution in [2.24, 2.45) is 10.3 Å². The van der Waals surface area contributed by atoms with Gasteiger partial charge >= 0.3 is 20.2 Å². The van der Waals surface area contributed by atoms with Crippen LogP contribution in [-0.2, 0) is 33.6 Å². The van der Waals surface area contributed by atoms with E-state index < -0.39 is 20.2 Å². The van der Waals surface area contributed by atoms with Gasteiger partial charge in [0.2, 0.25) is 0 Å². The van der Waals surface area contributed by atoms with Crippen molar-refractivity contribution in [3.8, 4) is 0 Å². The highest BCUT2D eigenvalue weighted by Gasteiger charge is 2.26. The zero-order valence-electron chi connectivity index (χ0n) is 15.0. The Balaban J connectivity index is 1.83. The molecule has 2 aromatic rings. The fourth-order valence-corrected chi connectivity index (χ4v) is 3.94. The molecule has 0 heterocycles. The van der Waals surface area contributed by atoms with E-state index in [2.05, 4.69) is 14.6 Å². The van der Waals surface area contributed by atoms with Crippen molar-refractivity contribution in [1.82, 2.24) is 0 Å². The maximum Gasteiger partial charge on any atom is 0.358 e. The van der Waals surface area contributed by atoms with Crippen molar-refractivity contribution in [1.29, 1.82) is 0 Å². The molecule has 0 aromatic heterocycles. The molecule has 1 fully saturated rings. The lowest BCUT2D eigenvalue weighted by Gasteiger charge is -2.13. The second-order valence-electron chi connectivity index (χ2n) is 5.97. The number of rotatable bonds is 6. The van der Waals surface area contributed by atoms with Crippen LogP contribution in [0, 0.1) is 0 Å². The van der Waals surface area contributed by atoms with Gasteiger partial charge in [0.1, 0.15) is 27.0 Å². The van der Waals surface area contributed by atoms with E-state index in [1.54, 1.807) is 12.1 Å². The summed E-state index contributed by atoms with van der Waals surface area (Å²) in [7, 11) is -8.37. The Labute approximate surface area is 167 Å². The predicted molar refractivity (Wildman–Crippen MR) is 103 cm³/mol. The summed E-state index contributed by atoms with van der Waals surface area (Å²) < 4.78 is 58.1. The molecule has 0 bridgehead atoms. The summed E-state index contributed by atoms with van der Waals surface area (Å²) in [6.45, 7) is 0. The maximum atomic E-state index is 12.2. The number of ketones is 1. The molecule has 0 unspecified atom stereocenters. The molecule has 0 aliphatic heterocycles. The van der Waals surface area contributed by atoms with Crippen LogP contribution in [0.5, 0.6) is 0 Å². The molecule has 1 aliphatic rings. The first-order valence-electron chi connectivity index (χ1n) is 8.41. The lowest BCUT2D eigenvalue weighted by molar-refractivity contribution is -0.117. The Morgan fingerprint density at radius 3 is 1.59 bits per heavy atom. The van der Waals surface area contributed by atoms with Gasteiger partial charge in [-0.05, 0) is 24.3 Å². The van der Waals surface area contributed by atoms with Crippen molar-refractivity contribution in [3.63, 3.8) is 0 Å². The van der Waals surface area contributed by atoms with Gasteiger partial charge in [-0.25, -0.2) is 0 Å². The van der Waals surface area contributed by atoms with Gasteiger partial charge in [0.15, 0.2) is 0 Å². The van der Waals surface area contributed by atoms with Gasteiger partial charge in [0, 0.05) is 12.8 Å². The van der Waals surface area contributed by atoms with Crippen LogP contribution >= 0.6 is 0 Å². The summed E-state index contributed by atoms with van der Waals surface area (Å²) in [5, 5.41) is 7.13. The van der Waals surface area contributed by atoms with Crippen LogP contribution in [-0.4, -0.2) is 34.0 Å².